The van der Waals surface area contributed by atoms with E-state index in [4.69, 9.17) is 0 Å². The van der Waals surface area contributed by atoms with Gasteiger partial charge in [0.2, 0.25) is 15.9 Å². The molecule has 3 amide bonds. The Morgan fingerprint density at radius 1 is 0.839 bits per heavy atom. The first-order chi connectivity index (χ1) is 14.9. The molecule has 4 rings (SSSR count). The van der Waals surface area contributed by atoms with Gasteiger partial charge in [0.05, 0.1) is 16.0 Å². The third-order valence-corrected chi connectivity index (χ3v) is 7.43. The monoisotopic (exact) mass is 441 g/mol. The quantitative estimate of drug-likeness (QED) is 0.718. The molecule has 0 radical (unpaired) electrons. The topological polar surface area (TPSA) is 104 Å². The zero-order chi connectivity index (χ0) is 22.0. The van der Waals surface area contributed by atoms with Crippen LogP contribution in [0, 0.1) is 0 Å². The molecule has 0 saturated carbocycles. The van der Waals surface area contributed by atoms with E-state index in [2.05, 4.69) is 5.32 Å². The highest BCUT2D eigenvalue weighted by molar-refractivity contribution is 7.89. The van der Waals surface area contributed by atoms with Crippen molar-refractivity contribution in [1.29, 1.82) is 0 Å². The molecule has 31 heavy (non-hydrogen) atoms. The summed E-state index contributed by atoms with van der Waals surface area (Å²) in [4.78, 5) is 38.2. The number of hydrogen-bond acceptors (Lipinski definition) is 5. The smallest absolute Gasteiger partial charge is 0.262 e. The average molecular weight is 442 g/mol. The largest absolute Gasteiger partial charge is 0.325 e. The second-order valence-corrected chi connectivity index (χ2v) is 9.57. The Morgan fingerprint density at radius 2 is 1.39 bits per heavy atom. The summed E-state index contributed by atoms with van der Waals surface area (Å²) < 4.78 is 27.2. The van der Waals surface area contributed by atoms with Crippen LogP contribution in [0.3, 0.4) is 0 Å². The predicted octanol–water partition coefficient (Wildman–Crippen LogP) is 2.49. The van der Waals surface area contributed by atoms with Crippen LogP contribution in [0.4, 0.5) is 5.69 Å². The minimum absolute atomic E-state index is 0.174. The lowest BCUT2D eigenvalue weighted by Crippen LogP contribution is -2.37. The Kier molecular flexibility index (Phi) is 5.88. The number of benzene rings is 2. The first-order valence-electron chi connectivity index (χ1n) is 10.2. The summed E-state index contributed by atoms with van der Waals surface area (Å²) in [6.45, 7) is 0.613. The number of rotatable bonds is 5. The van der Waals surface area contributed by atoms with Gasteiger partial charge in [0, 0.05) is 18.8 Å². The Bertz CT molecular complexity index is 1090. The van der Waals surface area contributed by atoms with Gasteiger partial charge in [0.1, 0.15) is 6.54 Å². The molecule has 2 aromatic carbocycles. The lowest BCUT2D eigenvalue weighted by atomic mass is 10.1. The van der Waals surface area contributed by atoms with E-state index in [0.717, 1.165) is 30.6 Å². The molecular formula is C22H23N3O5S. The van der Waals surface area contributed by atoms with E-state index < -0.39 is 34.3 Å². The van der Waals surface area contributed by atoms with Gasteiger partial charge in [0.15, 0.2) is 0 Å². The third kappa shape index (κ3) is 4.24. The first kappa shape index (κ1) is 21.2. The van der Waals surface area contributed by atoms with Crippen LogP contribution in [0.5, 0.6) is 0 Å². The summed E-state index contributed by atoms with van der Waals surface area (Å²) in [5.41, 5.74) is 0.947. The Balaban J connectivity index is 1.41. The maximum absolute atomic E-state index is 12.8. The second-order valence-electron chi connectivity index (χ2n) is 7.63. The fourth-order valence-corrected chi connectivity index (χ4v) is 5.39. The minimum atomic E-state index is -3.57. The summed E-state index contributed by atoms with van der Waals surface area (Å²) in [7, 11) is -3.57. The van der Waals surface area contributed by atoms with Crippen LogP contribution in [-0.4, -0.2) is 55.0 Å². The molecule has 9 heteroatoms. The standard InChI is InChI=1S/C22H23N3O5S/c26-20(15-25-21(27)18-7-3-4-8-19(18)22(25)28)23-16-9-11-17(12-10-16)31(29,30)24-13-5-1-2-6-14-24/h3-4,7-12H,1-2,5-6,13-15H2,(H,23,26). The molecule has 8 nitrogen and oxygen atoms in total. The minimum Gasteiger partial charge on any atom is -0.325 e. The molecule has 0 bridgehead atoms. The van der Waals surface area contributed by atoms with Crippen LogP contribution in [0.2, 0.25) is 0 Å². The van der Waals surface area contributed by atoms with Crippen molar-refractivity contribution in [2.45, 2.75) is 30.6 Å². The van der Waals surface area contributed by atoms with Gasteiger partial charge in [-0.05, 0) is 49.2 Å². The molecule has 0 aromatic heterocycles. The SMILES string of the molecule is O=C(CN1C(=O)c2ccccc2C1=O)Nc1ccc(S(=O)(=O)N2CCCCCC2)cc1. The number of carbonyl (C=O) groups excluding carboxylic acids is 3. The molecule has 2 aromatic rings. The lowest BCUT2D eigenvalue weighted by Gasteiger charge is -2.20. The van der Waals surface area contributed by atoms with Gasteiger partial charge in [0.25, 0.3) is 11.8 Å². The summed E-state index contributed by atoms with van der Waals surface area (Å²) in [6, 6.07) is 12.4. The van der Waals surface area contributed by atoms with Gasteiger partial charge in [-0.15, -0.1) is 0 Å². The molecule has 1 fully saturated rings. The predicted molar refractivity (Wildman–Crippen MR) is 114 cm³/mol. The number of carbonyl (C=O) groups is 3. The van der Waals surface area contributed by atoms with Crippen LogP contribution in [0.15, 0.2) is 53.4 Å². The van der Waals surface area contributed by atoms with Crippen LogP contribution in [0.1, 0.15) is 46.4 Å². The number of imide groups is 1. The normalized spacial score (nSPS) is 17.4. The first-order valence-corrected chi connectivity index (χ1v) is 11.7. The van der Waals surface area contributed by atoms with Crippen molar-refractivity contribution >= 4 is 33.4 Å². The van der Waals surface area contributed by atoms with Gasteiger partial charge in [-0.2, -0.15) is 4.31 Å². The molecule has 1 saturated heterocycles. The molecule has 2 aliphatic rings. The number of nitrogens with one attached hydrogen (secondary N) is 1. The van der Waals surface area contributed by atoms with Crippen molar-refractivity contribution in [1.82, 2.24) is 9.21 Å². The summed E-state index contributed by atoms with van der Waals surface area (Å²) in [5, 5.41) is 2.61. The van der Waals surface area contributed by atoms with Crippen molar-refractivity contribution in [2.75, 3.05) is 25.0 Å². The number of nitrogens with zero attached hydrogens (tertiary/aromatic N) is 2. The van der Waals surface area contributed by atoms with E-state index in [1.54, 1.807) is 24.3 Å². The van der Waals surface area contributed by atoms with Crippen LogP contribution in [0.25, 0.3) is 0 Å². The summed E-state index contributed by atoms with van der Waals surface area (Å²) >= 11 is 0. The van der Waals surface area contributed by atoms with Crippen molar-refractivity contribution in [2.24, 2.45) is 0 Å². The van der Waals surface area contributed by atoms with E-state index in [9.17, 15) is 22.8 Å². The molecule has 0 aliphatic carbocycles. The Hall–Kier alpha value is -3.04. The lowest BCUT2D eigenvalue weighted by molar-refractivity contribution is -0.116. The number of anilines is 1. The van der Waals surface area contributed by atoms with Gasteiger partial charge in [-0.25, -0.2) is 8.42 Å². The van der Waals surface area contributed by atoms with E-state index in [1.807, 2.05) is 0 Å². The highest BCUT2D eigenvalue weighted by Gasteiger charge is 2.36. The number of hydrogen-bond donors (Lipinski definition) is 1. The average Bonchev–Trinajstić information content (AvgIpc) is 2.96. The van der Waals surface area contributed by atoms with Gasteiger partial charge in [-0.1, -0.05) is 25.0 Å². The fraction of sp³-hybridized carbons (Fsp3) is 0.318. The maximum Gasteiger partial charge on any atom is 0.262 e. The molecule has 162 valence electrons. The van der Waals surface area contributed by atoms with Crippen LogP contribution in [-0.2, 0) is 14.8 Å². The molecule has 1 N–H and O–H groups in total. The third-order valence-electron chi connectivity index (χ3n) is 5.52. The highest BCUT2D eigenvalue weighted by atomic mass is 32.2. The maximum atomic E-state index is 12.8. The molecule has 0 unspecified atom stereocenters. The molecular weight excluding hydrogens is 418 g/mol. The molecule has 2 heterocycles. The Morgan fingerprint density at radius 3 is 1.94 bits per heavy atom. The molecule has 0 spiro atoms. The zero-order valence-corrected chi connectivity index (χ0v) is 17.7. The number of fused-ring (bicyclic) bond motifs is 1. The van der Waals surface area contributed by atoms with Crippen molar-refractivity contribution in [3.05, 3.63) is 59.7 Å². The van der Waals surface area contributed by atoms with Gasteiger partial charge in [-0.3, -0.25) is 19.3 Å². The number of amides is 3. The van der Waals surface area contributed by atoms with Gasteiger partial charge >= 0.3 is 0 Å². The summed E-state index contributed by atoms with van der Waals surface area (Å²) in [5.74, 6) is -1.55. The van der Waals surface area contributed by atoms with Crippen LogP contribution >= 0.6 is 0 Å². The van der Waals surface area contributed by atoms with Crippen LogP contribution < -0.4 is 5.32 Å². The Labute approximate surface area is 180 Å². The van der Waals surface area contributed by atoms with E-state index in [1.165, 1.54) is 28.6 Å². The van der Waals surface area contributed by atoms with E-state index in [0.29, 0.717) is 18.8 Å². The second kappa shape index (κ2) is 8.60. The van der Waals surface area contributed by atoms with E-state index >= 15 is 0 Å². The molecule has 0 atom stereocenters. The highest BCUT2D eigenvalue weighted by Crippen LogP contribution is 2.23. The van der Waals surface area contributed by atoms with E-state index in [-0.39, 0.29) is 16.0 Å². The van der Waals surface area contributed by atoms with Crippen molar-refractivity contribution in [3.8, 4) is 0 Å². The number of sulfonamides is 1. The summed E-state index contributed by atoms with van der Waals surface area (Å²) in [6.07, 6.45) is 3.77. The zero-order valence-electron chi connectivity index (χ0n) is 16.9. The molecule has 2 aliphatic heterocycles. The fourth-order valence-electron chi connectivity index (χ4n) is 3.87. The van der Waals surface area contributed by atoms with Crippen molar-refractivity contribution in [3.63, 3.8) is 0 Å². The van der Waals surface area contributed by atoms with Gasteiger partial charge < -0.3 is 5.32 Å². The van der Waals surface area contributed by atoms with Crippen molar-refractivity contribution < 1.29 is 22.8 Å².